The SMILES string of the molecule is COC(=O)C1CCC(c2cn3cc(NC(=O)[n+]4ccccc4C4CC4)c(C(C)(C)O)c(F)c3n2)CC1. The van der Waals surface area contributed by atoms with Gasteiger partial charge >= 0.3 is 12.0 Å². The lowest BCUT2D eigenvalue weighted by molar-refractivity contribution is -0.576. The van der Waals surface area contributed by atoms with Crippen molar-refractivity contribution in [3.8, 4) is 0 Å². The molecule has 190 valence electrons. The first-order valence-electron chi connectivity index (χ1n) is 12.5. The van der Waals surface area contributed by atoms with Crippen molar-refractivity contribution >= 4 is 23.3 Å². The molecule has 9 heteroatoms. The van der Waals surface area contributed by atoms with Gasteiger partial charge in [0, 0.05) is 18.0 Å². The van der Waals surface area contributed by atoms with Gasteiger partial charge in [0.15, 0.2) is 17.2 Å². The molecule has 0 aromatic carbocycles. The van der Waals surface area contributed by atoms with E-state index in [-0.39, 0.29) is 34.7 Å². The molecule has 0 aliphatic heterocycles. The Kier molecular flexibility index (Phi) is 6.28. The predicted molar refractivity (Wildman–Crippen MR) is 130 cm³/mol. The van der Waals surface area contributed by atoms with E-state index < -0.39 is 17.4 Å². The molecule has 3 aromatic heterocycles. The van der Waals surface area contributed by atoms with E-state index in [1.165, 1.54) is 21.0 Å². The van der Waals surface area contributed by atoms with E-state index in [1.807, 2.05) is 12.1 Å². The Hall–Kier alpha value is -3.33. The van der Waals surface area contributed by atoms with Crippen LogP contribution in [-0.2, 0) is 15.1 Å². The maximum absolute atomic E-state index is 15.8. The van der Waals surface area contributed by atoms with Crippen LogP contribution in [0.25, 0.3) is 5.65 Å². The van der Waals surface area contributed by atoms with Crippen molar-refractivity contribution in [2.75, 3.05) is 12.4 Å². The molecule has 36 heavy (non-hydrogen) atoms. The first-order chi connectivity index (χ1) is 17.2. The van der Waals surface area contributed by atoms with Crippen LogP contribution in [-0.4, -0.2) is 33.6 Å². The number of rotatable bonds is 5. The van der Waals surface area contributed by atoms with Gasteiger partial charge in [-0.05, 0) is 64.5 Å². The number of halogens is 1. The molecule has 2 saturated carbocycles. The number of hydrogen-bond donors (Lipinski definition) is 2. The zero-order valence-electron chi connectivity index (χ0n) is 20.8. The van der Waals surface area contributed by atoms with E-state index in [1.54, 1.807) is 33.6 Å². The number of esters is 1. The molecule has 1 amide bonds. The molecule has 0 atom stereocenters. The summed E-state index contributed by atoms with van der Waals surface area (Å²) in [5.74, 6) is -0.536. The van der Waals surface area contributed by atoms with Gasteiger partial charge in [-0.25, -0.2) is 14.7 Å². The van der Waals surface area contributed by atoms with Crippen LogP contribution in [0.15, 0.2) is 36.8 Å². The Balaban J connectivity index is 1.48. The number of ether oxygens (including phenoxy) is 1. The normalized spacial score (nSPS) is 20.4. The van der Waals surface area contributed by atoms with Crippen molar-refractivity contribution < 1.29 is 28.4 Å². The molecular weight excluding hydrogens is 463 g/mol. The summed E-state index contributed by atoms with van der Waals surface area (Å²) in [6, 6.07) is 5.19. The Labute approximate surface area is 209 Å². The zero-order valence-corrected chi connectivity index (χ0v) is 20.8. The first kappa shape index (κ1) is 24.4. The van der Waals surface area contributed by atoms with Crippen molar-refractivity contribution in [1.29, 1.82) is 0 Å². The summed E-state index contributed by atoms with van der Waals surface area (Å²) in [7, 11) is 1.40. The summed E-state index contributed by atoms with van der Waals surface area (Å²) in [4.78, 5) is 29.7. The molecule has 0 saturated heterocycles. The van der Waals surface area contributed by atoms with Crippen molar-refractivity contribution in [2.24, 2.45) is 5.92 Å². The summed E-state index contributed by atoms with van der Waals surface area (Å²) in [6.45, 7) is 2.97. The maximum atomic E-state index is 15.8. The van der Waals surface area contributed by atoms with Crippen molar-refractivity contribution in [3.63, 3.8) is 0 Å². The second kappa shape index (κ2) is 9.28. The smallest absolute Gasteiger partial charge is 0.469 e. The molecule has 2 N–H and O–H groups in total. The Bertz CT molecular complexity index is 1320. The quantitative estimate of drug-likeness (QED) is 0.404. The van der Waals surface area contributed by atoms with Gasteiger partial charge < -0.3 is 14.2 Å². The van der Waals surface area contributed by atoms with Gasteiger partial charge in [0.2, 0.25) is 0 Å². The Morgan fingerprint density at radius 2 is 1.83 bits per heavy atom. The van der Waals surface area contributed by atoms with Crippen LogP contribution in [0.2, 0.25) is 0 Å². The Morgan fingerprint density at radius 3 is 2.47 bits per heavy atom. The Morgan fingerprint density at radius 1 is 1.14 bits per heavy atom. The van der Waals surface area contributed by atoms with Crippen LogP contribution in [0, 0.1) is 11.7 Å². The van der Waals surface area contributed by atoms with Gasteiger partial charge in [0.05, 0.1) is 42.3 Å². The van der Waals surface area contributed by atoms with Gasteiger partial charge in [-0.3, -0.25) is 4.79 Å². The van der Waals surface area contributed by atoms with Crippen molar-refractivity contribution in [3.05, 3.63) is 59.6 Å². The number of nitrogens with zero attached hydrogens (tertiary/aromatic N) is 3. The zero-order chi connectivity index (χ0) is 25.6. The van der Waals surface area contributed by atoms with Gasteiger partial charge in [-0.15, -0.1) is 0 Å². The second-order valence-corrected chi connectivity index (χ2v) is 10.5. The van der Waals surface area contributed by atoms with E-state index >= 15 is 4.39 Å². The summed E-state index contributed by atoms with van der Waals surface area (Å²) in [6.07, 6.45) is 10.0. The van der Waals surface area contributed by atoms with Gasteiger partial charge in [-0.2, -0.15) is 9.36 Å². The number of amides is 1. The monoisotopic (exact) mass is 495 g/mol. The highest BCUT2D eigenvalue weighted by molar-refractivity contribution is 5.84. The van der Waals surface area contributed by atoms with Gasteiger partial charge in [0.25, 0.3) is 0 Å². The largest absolute Gasteiger partial charge is 0.501 e. The number of carbonyl (C=O) groups is 2. The fraction of sp³-hybridized carbons (Fsp3) is 0.481. The third kappa shape index (κ3) is 4.59. The molecule has 8 nitrogen and oxygen atoms in total. The number of fused-ring (bicyclic) bond motifs is 1. The molecular formula is C27H32FN4O4+. The minimum Gasteiger partial charge on any atom is -0.469 e. The highest BCUT2D eigenvalue weighted by atomic mass is 19.1. The average molecular weight is 496 g/mol. The standard InChI is InChI=1S/C27H31FN4O4/c1-27(2,35)22-20(30-26(34)32-13-5-4-6-21(32)17-9-10-17)15-31-14-19(29-24(31)23(22)28)16-7-11-18(12-8-16)25(33)36-3/h4-6,13-18,35H,7-12H2,1-3H3/p+1. The number of aromatic nitrogens is 3. The molecule has 2 aliphatic carbocycles. The van der Waals surface area contributed by atoms with Crippen molar-refractivity contribution in [1.82, 2.24) is 9.38 Å². The van der Waals surface area contributed by atoms with E-state index in [9.17, 15) is 14.7 Å². The molecule has 0 unspecified atom stereocenters. The minimum atomic E-state index is -1.56. The number of pyridine rings is 2. The fourth-order valence-electron chi connectivity index (χ4n) is 5.32. The van der Waals surface area contributed by atoms with E-state index in [4.69, 9.17) is 4.74 Å². The van der Waals surface area contributed by atoms with Crippen LogP contribution < -0.4 is 9.88 Å². The van der Waals surface area contributed by atoms with Gasteiger partial charge in [0.1, 0.15) is 5.69 Å². The maximum Gasteiger partial charge on any atom is 0.501 e. The van der Waals surface area contributed by atoms with E-state index in [0.29, 0.717) is 18.8 Å². The lowest BCUT2D eigenvalue weighted by Gasteiger charge is -2.25. The number of hydrogen-bond acceptors (Lipinski definition) is 5. The lowest BCUT2D eigenvalue weighted by atomic mass is 9.81. The molecule has 2 fully saturated rings. The van der Waals surface area contributed by atoms with Crippen LogP contribution in [0.1, 0.15) is 81.2 Å². The highest BCUT2D eigenvalue weighted by Crippen LogP contribution is 2.39. The summed E-state index contributed by atoms with van der Waals surface area (Å²) in [5, 5.41) is 13.7. The van der Waals surface area contributed by atoms with Crippen molar-refractivity contribution in [2.45, 2.75) is 69.8 Å². The highest BCUT2D eigenvalue weighted by Gasteiger charge is 2.35. The third-order valence-electron chi connectivity index (χ3n) is 7.34. The summed E-state index contributed by atoms with van der Waals surface area (Å²) in [5.41, 5.74) is 0.360. The van der Waals surface area contributed by atoms with E-state index in [2.05, 4.69) is 10.3 Å². The molecule has 3 aromatic rings. The third-order valence-corrected chi connectivity index (χ3v) is 7.34. The number of methoxy groups -OCH3 is 1. The number of aliphatic hydroxyl groups is 1. The van der Waals surface area contributed by atoms with Crippen LogP contribution in [0.3, 0.4) is 0 Å². The number of imidazole rings is 1. The number of carbonyl (C=O) groups excluding carboxylic acids is 2. The minimum absolute atomic E-state index is 0.0144. The number of nitrogens with one attached hydrogen (secondary N) is 1. The van der Waals surface area contributed by atoms with Gasteiger partial charge in [-0.1, -0.05) is 6.07 Å². The topological polar surface area (TPSA) is 96.8 Å². The lowest BCUT2D eigenvalue weighted by Crippen LogP contribution is -2.49. The fourth-order valence-corrected chi connectivity index (χ4v) is 5.32. The molecule has 0 radical (unpaired) electrons. The molecule has 2 aliphatic rings. The van der Waals surface area contributed by atoms with Crippen LogP contribution in [0.5, 0.6) is 0 Å². The van der Waals surface area contributed by atoms with Crippen LogP contribution >= 0.6 is 0 Å². The average Bonchev–Trinajstić information content (AvgIpc) is 3.61. The van der Waals surface area contributed by atoms with Crippen LogP contribution in [0.4, 0.5) is 14.9 Å². The molecule has 0 spiro atoms. The molecule has 0 bridgehead atoms. The summed E-state index contributed by atoms with van der Waals surface area (Å²) < 4.78 is 23.8. The molecule has 5 rings (SSSR count). The molecule has 3 heterocycles. The number of anilines is 1. The second-order valence-electron chi connectivity index (χ2n) is 10.5. The van der Waals surface area contributed by atoms with E-state index in [0.717, 1.165) is 37.1 Å². The summed E-state index contributed by atoms with van der Waals surface area (Å²) >= 11 is 0. The first-order valence-corrected chi connectivity index (χ1v) is 12.5. The predicted octanol–water partition coefficient (Wildman–Crippen LogP) is 4.39.